The molecular formula is C15H25N3. The Hall–Kier alpha value is -0.830. The van der Waals surface area contributed by atoms with Crippen LogP contribution in [0.3, 0.4) is 0 Å². The Kier molecular flexibility index (Phi) is 3.69. The van der Waals surface area contributed by atoms with Crippen LogP contribution in [0.5, 0.6) is 0 Å². The Morgan fingerprint density at radius 2 is 2.22 bits per heavy atom. The fourth-order valence-corrected chi connectivity index (χ4v) is 3.09. The second-order valence-electron chi connectivity index (χ2n) is 6.08. The smallest absolute Gasteiger partial charge is 0.0534 e. The maximum absolute atomic E-state index is 4.58. The third kappa shape index (κ3) is 2.94. The van der Waals surface area contributed by atoms with Crippen molar-refractivity contribution in [3.05, 3.63) is 18.0 Å². The molecule has 0 spiro atoms. The summed E-state index contributed by atoms with van der Waals surface area (Å²) in [5.74, 6) is 0.918. The molecule has 18 heavy (non-hydrogen) atoms. The van der Waals surface area contributed by atoms with E-state index in [0.29, 0.717) is 6.04 Å². The molecule has 0 saturated heterocycles. The largest absolute Gasteiger partial charge is 0.310 e. The van der Waals surface area contributed by atoms with Crippen molar-refractivity contribution in [3.8, 4) is 0 Å². The standard InChI is InChI=1S/C15H25N3/c1-2-12-4-3-5-15(8-12)18-11-13(10-17-18)9-16-14-6-7-14/h10-12,14-16H,2-9H2,1H3. The Morgan fingerprint density at radius 1 is 1.33 bits per heavy atom. The Labute approximate surface area is 110 Å². The second-order valence-corrected chi connectivity index (χ2v) is 6.08. The summed E-state index contributed by atoms with van der Waals surface area (Å²) >= 11 is 0. The zero-order chi connectivity index (χ0) is 12.4. The van der Waals surface area contributed by atoms with Crippen LogP contribution < -0.4 is 5.32 Å². The molecule has 0 amide bonds. The van der Waals surface area contributed by atoms with Gasteiger partial charge in [0, 0.05) is 24.3 Å². The topological polar surface area (TPSA) is 29.9 Å². The third-order valence-corrected chi connectivity index (χ3v) is 4.53. The van der Waals surface area contributed by atoms with E-state index in [4.69, 9.17) is 0 Å². The zero-order valence-corrected chi connectivity index (χ0v) is 11.4. The quantitative estimate of drug-likeness (QED) is 0.865. The molecule has 0 bridgehead atoms. The molecule has 0 aromatic carbocycles. The van der Waals surface area contributed by atoms with Crippen LogP contribution in [0.25, 0.3) is 0 Å². The Bertz CT molecular complexity index is 381. The highest BCUT2D eigenvalue weighted by molar-refractivity contribution is 5.05. The zero-order valence-electron chi connectivity index (χ0n) is 11.4. The molecule has 1 aromatic rings. The lowest BCUT2D eigenvalue weighted by atomic mass is 9.84. The van der Waals surface area contributed by atoms with Crippen molar-refractivity contribution in [3.63, 3.8) is 0 Å². The second kappa shape index (κ2) is 5.43. The van der Waals surface area contributed by atoms with E-state index >= 15 is 0 Å². The van der Waals surface area contributed by atoms with Crippen molar-refractivity contribution in [2.45, 2.75) is 70.5 Å². The van der Waals surface area contributed by atoms with Gasteiger partial charge in [0.25, 0.3) is 0 Å². The summed E-state index contributed by atoms with van der Waals surface area (Å²) in [6.45, 7) is 3.32. The molecule has 1 aromatic heterocycles. The van der Waals surface area contributed by atoms with E-state index < -0.39 is 0 Å². The molecule has 2 atom stereocenters. The number of hydrogen-bond donors (Lipinski definition) is 1. The van der Waals surface area contributed by atoms with Gasteiger partial charge in [0.05, 0.1) is 12.2 Å². The molecule has 2 aliphatic rings. The highest BCUT2D eigenvalue weighted by Gasteiger charge is 2.23. The fourth-order valence-electron chi connectivity index (χ4n) is 3.09. The van der Waals surface area contributed by atoms with E-state index in [1.807, 2.05) is 6.20 Å². The van der Waals surface area contributed by atoms with Crippen molar-refractivity contribution in [1.29, 1.82) is 0 Å². The van der Waals surface area contributed by atoms with Crippen molar-refractivity contribution in [2.24, 2.45) is 5.92 Å². The summed E-state index contributed by atoms with van der Waals surface area (Å²) in [4.78, 5) is 0. The van der Waals surface area contributed by atoms with E-state index in [1.54, 1.807) is 0 Å². The highest BCUT2D eigenvalue weighted by Crippen LogP contribution is 2.33. The Morgan fingerprint density at radius 3 is 3.00 bits per heavy atom. The Balaban J connectivity index is 1.57. The maximum Gasteiger partial charge on any atom is 0.0534 e. The predicted molar refractivity (Wildman–Crippen MR) is 73.4 cm³/mol. The van der Waals surface area contributed by atoms with Gasteiger partial charge in [0.15, 0.2) is 0 Å². The maximum atomic E-state index is 4.58. The molecule has 1 heterocycles. The molecule has 2 unspecified atom stereocenters. The normalized spacial score (nSPS) is 28.5. The molecule has 0 radical (unpaired) electrons. The molecule has 3 rings (SSSR count). The SMILES string of the molecule is CCC1CCCC(n2cc(CNC3CC3)cn2)C1. The van der Waals surface area contributed by atoms with Crippen molar-refractivity contribution >= 4 is 0 Å². The van der Waals surface area contributed by atoms with Gasteiger partial charge in [-0.2, -0.15) is 5.10 Å². The lowest BCUT2D eigenvalue weighted by molar-refractivity contribution is 0.247. The third-order valence-electron chi connectivity index (χ3n) is 4.53. The predicted octanol–water partition coefficient (Wildman–Crippen LogP) is 3.28. The molecule has 100 valence electrons. The van der Waals surface area contributed by atoms with Crippen molar-refractivity contribution in [2.75, 3.05) is 0 Å². The summed E-state index contributed by atoms with van der Waals surface area (Å²) in [7, 11) is 0. The summed E-state index contributed by atoms with van der Waals surface area (Å²) < 4.78 is 2.23. The molecule has 2 aliphatic carbocycles. The highest BCUT2D eigenvalue weighted by atomic mass is 15.3. The van der Waals surface area contributed by atoms with E-state index in [0.717, 1.165) is 18.5 Å². The molecule has 1 N–H and O–H groups in total. The molecule has 2 saturated carbocycles. The van der Waals surface area contributed by atoms with Crippen LogP contribution in [0.2, 0.25) is 0 Å². The number of aromatic nitrogens is 2. The fraction of sp³-hybridized carbons (Fsp3) is 0.800. The van der Waals surface area contributed by atoms with Crippen LogP contribution in [-0.2, 0) is 6.54 Å². The first kappa shape index (κ1) is 12.2. The number of rotatable bonds is 5. The number of nitrogens with zero attached hydrogens (tertiary/aromatic N) is 2. The van der Waals surface area contributed by atoms with Crippen LogP contribution in [0.1, 0.15) is 63.5 Å². The number of nitrogens with one attached hydrogen (secondary N) is 1. The first-order valence-corrected chi connectivity index (χ1v) is 7.61. The monoisotopic (exact) mass is 247 g/mol. The van der Waals surface area contributed by atoms with Gasteiger partial charge < -0.3 is 5.32 Å². The van der Waals surface area contributed by atoms with Gasteiger partial charge in [-0.3, -0.25) is 4.68 Å². The summed E-state index contributed by atoms with van der Waals surface area (Å²) in [6.07, 6.45) is 13.8. The van der Waals surface area contributed by atoms with E-state index in [-0.39, 0.29) is 0 Å². The molecule has 3 heteroatoms. The number of hydrogen-bond acceptors (Lipinski definition) is 2. The lowest BCUT2D eigenvalue weighted by Gasteiger charge is -2.28. The van der Waals surface area contributed by atoms with Crippen molar-refractivity contribution < 1.29 is 0 Å². The van der Waals surface area contributed by atoms with Crippen LogP contribution >= 0.6 is 0 Å². The van der Waals surface area contributed by atoms with Crippen LogP contribution in [0, 0.1) is 5.92 Å². The summed E-state index contributed by atoms with van der Waals surface area (Å²) in [5.41, 5.74) is 1.35. The first-order valence-electron chi connectivity index (χ1n) is 7.61. The molecule has 0 aliphatic heterocycles. The minimum absolute atomic E-state index is 0.651. The van der Waals surface area contributed by atoms with Gasteiger partial charge in [-0.1, -0.05) is 26.2 Å². The van der Waals surface area contributed by atoms with Gasteiger partial charge in [0.2, 0.25) is 0 Å². The van der Waals surface area contributed by atoms with Crippen molar-refractivity contribution in [1.82, 2.24) is 15.1 Å². The first-order chi connectivity index (χ1) is 8.85. The van der Waals surface area contributed by atoms with E-state index in [9.17, 15) is 0 Å². The average Bonchev–Trinajstić information content (AvgIpc) is 3.13. The van der Waals surface area contributed by atoms with Crippen LogP contribution in [0.4, 0.5) is 0 Å². The minimum atomic E-state index is 0.651. The minimum Gasteiger partial charge on any atom is -0.310 e. The van der Waals surface area contributed by atoms with Gasteiger partial charge in [-0.05, 0) is 31.6 Å². The van der Waals surface area contributed by atoms with Gasteiger partial charge in [0.1, 0.15) is 0 Å². The summed E-state index contributed by atoms with van der Waals surface area (Å²) in [6, 6.07) is 1.44. The summed E-state index contributed by atoms with van der Waals surface area (Å²) in [5, 5.41) is 8.14. The molecule has 3 nitrogen and oxygen atoms in total. The molecule has 2 fully saturated rings. The van der Waals surface area contributed by atoms with E-state index in [2.05, 4.69) is 28.2 Å². The van der Waals surface area contributed by atoms with Crippen LogP contribution in [0.15, 0.2) is 12.4 Å². The van der Waals surface area contributed by atoms with Crippen LogP contribution in [-0.4, -0.2) is 15.8 Å². The van der Waals surface area contributed by atoms with Gasteiger partial charge >= 0.3 is 0 Å². The average molecular weight is 247 g/mol. The van der Waals surface area contributed by atoms with E-state index in [1.165, 1.54) is 50.5 Å². The molecular weight excluding hydrogens is 222 g/mol. The van der Waals surface area contributed by atoms with Gasteiger partial charge in [-0.25, -0.2) is 0 Å². The lowest BCUT2D eigenvalue weighted by Crippen LogP contribution is -2.19. The van der Waals surface area contributed by atoms with Gasteiger partial charge in [-0.15, -0.1) is 0 Å².